The molecule has 0 saturated heterocycles. The van der Waals surface area contributed by atoms with Gasteiger partial charge < -0.3 is 0 Å². The van der Waals surface area contributed by atoms with E-state index in [9.17, 15) is 0 Å². The largest absolute Gasteiger partial charge is 0.0985 e. The Balaban J connectivity index is -0.000000135. The standard InChI is InChI=1S/C17H18.C4H8.4C2H6/c1-5-8-10-15(7-3)17-12-9-11-16(13-17)14(4)6-2;1-3-4-2;4*1-2/h5-13H,2-4H2,1H3;3-4H,1-2H3;4*1-2H3/b8-5-,15-10+;4-3-;;;;. The lowest BCUT2D eigenvalue weighted by molar-refractivity contribution is 1.50. The van der Waals surface area contributed by atoms with Crippen molar-refractivity contribution in [1.29, 1.82) is 0 Å². The molecule has 0 aliphatic heterocycles. The van der Waals surface area contributed by atoms with E-state index in [1.807, 2.05) is 125 Å². The summed E-state index contributed by atoms with van der Waals surface area (Å²) in [5.41, 5.74) is 4.26. The fourth-order valence-electron chi connectivity index (χ4n) is 1.50. The first-order valence-corrected chi connectivity index (χ1v) is 11.1. The van der Waals surface area contributed by atoms with Gasteiger partial charge in [-0.15, -0.1) is 0 Å². The second-order valence-electron chi connectivity index (χ2n) is 4.33. The molecule has 0 atom stereocenters. The predicted octanol–water partition coefficient (Wildman–Crippen LogP) is 10.7. The zero-order valence-electron chi connectivity index (χ0n) is 21.5. The Labute approximate surface area is 185 Å². The smallest absolute Gasteiger partial charge is 0.0178 e. The molecule has 0 radical (unpaired) electrons. The monoisotopic (exact) mass is 398 g/mol. The third-order valence-electron chi connectivity index (χ3n) is 2.83. The van der Waals surface area contributed by atoms with Gasteiger partial charge in [0.15, 0.2) is 0 Å². The second-order valence-corrected chi connectivity index (χ2v) is 4.33. The van der Waals surface area contributed by atoms with Crippen molar-refractivity contribution in [2.24, 2.45) is 0 Å². The highest BCUT2D eigenvalue weighted by Gasteiger charge is 1.99. The van der Waals surface area contributed by atoms with Crippen LogP contribution in [0, 0.1) is 0 Å². The van der Waals surface area contributed by atoms with Crippen LogP contribution in [0.5, 0.6) is 0 Å². The fraction of sp³-hybridized carbons (Fsp3) is 0.379. The van der Waals surface area contributed by atoms with E-state index in [0.29, 0.717) is 0 Å². The lowest BCUT2D eigenvalue weighted by Gasteiger charge is -2.05. The van der Waals surface area contributed by atoms with E-state index in [4.69, 9.17) is 0 Å². The first-order valence-electron chi connectivity index (χ1n) is 11.1. The molecule has 0 N–H and O–H groups in total. The molecule has 0 spiro atoms. The Bertz CT molecular complexity index is 547. The first kappa shape index (κ1) is 37.4. The van der Waals surface area contributed by atoms with Gasteiger partial charge in [-0.1, -0.05) is 136 Å². The highest BCUT2D eigenvalue weighted by atomic mass is 14.0. The van der Waals surface area contributed by atoms with Gasteiger partial charge >= 0.3 is 0 Å². The van der Waals surface area contributed by atoms with E-state index >= 15 is 0 Å². The van der Waals surface area contributed by atoms with Crippen molar-refractivity contribution in [1.82, 2.24) is 0 Å². The molecular weight excluding hydrogens is 348 g/mol. The van der Waals surface area contributed by atoms with Crippen molar-refractivity contribution in [3.05, 3.63) is 97.7 Å². The van der Waals surface area contributed by atoms with Gasteiger partial charge in [0, 0.05) is 0 Å². The summed E-state index contributed by atoms with van der Waals surface area (Å²) < 4.78 is 0. The molecule has 0 nitrogen and oxygen atoms in total. The molecule has 1 aromatic rings. The summed E-state index contributed by atoms with van der Waals surface area (Å²) >= 11 is 0. The Morgan fingerprint density at radius 2 is 1.14 bits per heavy atom. The molecule has 0 saturated carbocycles. The average molecular weight is 399 g/mol. The molecule has 0 aliphatic rings. The zero-order chi connectivity index (χ0) is 24.1. The Kier molecular flexibility index (Phi) is 47.2. The maximum atomic E-state index is 3.95. The van der Waals surface area contributed by atoms with Gasteiger partial charge in [-0.2, -0.15) is 0 Å². The zero-order valence-corrected chi connectivity index (χ0v) is 21.5. The van der Waals surface area contributed by atoms with Crippen molar-refractivity contribution in [3.63, 3.8) is 0 Å². The highest BCUT2D eigenvalue weighted by Crippen LogP contribution is 2.21. The topological polar surface area (TPSA) is 0 Å². The van der Waals surface area contributed by atoms with E-state index < -0.39 is 0 Å². The molecule has 0 aliphatic carbocycles. The Morgan fingerprint density at radius 1 is 0.690 bits per heavy atom. The quantitative estimate of drug-likeness (QED) is 0.341. The summed E-state index contributed by atoms with van der Waals surface area (Å²) in [7, 11) is 0. The van der Waals surface area contributed by atoms with Crippen molar-refractivity contribution in [3.8, 4) is 0 Å². The average Bonchev–Trinajstić information content (AvgIpc) is 2.84. The maximum Gasteiger partial charge on any atom is -0.0178 e. The molecule has 1 rings (SSSR count). The molecule has 166 valence electrons. The van der Waals surface area contributed by atoms with Gasteiger partial charge in [-0.3, -0.25) is 0 Å². The van der Waals surface area contributed by atoms with Gasteiger partial charge in [0.1, 0.15) is 0 Å². The number of hydrogen-bond donors (Lipinski definition) is 0. The molecule has 0 heterocycles. The Hall–Kier alpha value is -2.34. The lowest BCUT2D eigenvalue weighted by atomic mass is 9.99. The molecule has 0 aromatic heterocycles. The van der Waals surface area contributed by atoms with E-state index in [0.717, 1.165) is 22.3 Å². The van der Waals surface area contributed by atoms with Crippen LogP contribution in [0.15, 0.2) is 86.5 Å². The van der Waals surface area contributed by atoms with Crippen LogP contribution in [0.3, 0.4) is 0 Å². The van der Waals surface area contributed by atoms with E-state index in [-0.39, 0.29) is 0 Å². The molecular formula is C29H50. The van der Waals surface area contributed by atoms with Crippen LogP contribution in [-0.4, -0.2) is 0 Å². The van der Waals surface area contributed by atoms with Gasteiger partial charge in [-0.05, 0) is 49.1 Å². The maximum absolute atomic E-state index is 3.95. The van der Waals surface area contributed by atoms with Crippen molar-refractivity contribution in [2.75, 3.05) is 0 Å². The van der Waals surface area contributed by atoms with Crippen LogP contribution in [0.25, 0.3) is 11.1 Å². The van der Waals surface area contributed by atoms with Crippen LogP contribution >= 0.6 is 0 Å². The number of benzene rings is 1. The molecule has 0 unspecified atom stereocenters. The third-order valence-corrected chi connectivity index (χ3v) is 2.83. The summed E-state index contributed by atoms with van der Waals surface area (Å²) in [6.07, 6.45) is 13.7. The van der Waals surface area contributed by atoms with Gasteiger partial charge in [0.05, 0.1) is 0 Å². The van der Waals surface area contributed by atoms with E-state index in [1.165, 1.54) is 0 Å². The highest BCUT2D eigenvalue weighted by molar-refractivity contribution is 5.79. The van der Waals surface area contributed by atoms with Gasteiger partial charge in [0.2, 0.25) is 0 Å². The second kappa shape index (κ2) is 36.6. The van der Waals surface area contributed by atoms with Crippen LogP contribution in [0.2, 0.25) is 0 Å². The fourth-order valence-corrected chi connectivity index (χ4v) is 1.50. The molecule has 29 heavy (non-hydrogen) atoms. The molecule has 1 aromatic carbocycles. The van der Waals surface area contributed by atoms with Crippen molar-refractivity contribution < 1.29 is 0 Å². The lowest BCUT2D eigenvalue weighted by Crippen LogP contribution is -1.84. The van der Waals surface area contributed by atoms with Crippen LogP contribution in [0.1, 0.15) is 87.3 Å². The summed E-state index contributed by atoms with van der Waals surface area (Å²) in [5, 5.41) is 0. The third kappa shape index (κ3) is 23.6. The van der Waals surface area contributed by atoms with E-state index in [2.05, 4.69) is 31.9 Å². The molecule has 0 amide bonds. The summed E-state index contributed by atoms with van der Waals surface area (Å²) in [6, 6.07) is 8.22. The van der Waals surface area contributed by atoms with Gasteiger partial charge in [0.25, 0.3) is 0 Å². The first-order chi connectivity index (χ1) is 14.1. The van der Waals surface area contributed by atoms with Crippen LogP contribution in [-0.2, 0) is 0 Å². The van der Waals surface area contributed by atoms with Crippen LogP contribution in [0.4, 0.5) is 0 Å². The van der Waals surface area contributed by atoms with Crippen LogP contribution < -0.4 is 0 Å². The molecule has 0 heteroatoms. The Morgan fingerprint density at radius 3 is 1.48 bits per heavy atom. The summed E-state index contributed by atoms with van der Waals surface area (Å²) in [6.45, 7) is 33.5. The van der Waals surface area contributed by atoms with E-state index in [1.54, 1.807) is 6.08 Å². The minimum Gasteiger partial charge on any atom is -0.0985 e. The SMILES string of the molecule is C/C=C\C.C=CC(=C)c1cccc(/C(C=C)=C/C=C\C)c1.CC.CC.CC.CC. The van der Waals surface area contributed by atoms with Gasteiger partial charge in [-0.25, -0.2) is 0 Å². The minimum absolute atomic E-state index is 0.932. The van der Waals surface area contributed by atoms with Crippen molar-refractivity contribution in [2.45, 2.75) is 76.2 Å². The summed E-state index contributed by atoms with van der Waals surface area (Å²) in [5.74, 6) is 0. The number of rotatable bonds is 5. The van der Waals surface area contributed by atoms with Crippen molar-refractivity contribution >= 4 is 11.1 Å². The molecule has 0 bridgehead atoms. The predicted molar refractivity (Wildman–Crippen MR) is 145 cm³/mol. The number of allylic oxidation sites excluding steroid dienone is 9. The normalized spacial score (nSPS) is 8.86. The molecule has 0 fully saturated rings. The number of hydrogen-bond acceptors (Lipinski definition) is 0. The minimum atomic E-state index is 0.932. The summed E-state index contributed by atoms with van der Waals surface area (Å²) in [4.78, 5) is 0.